The van der Waals surface area contributed by atoms with Gasteiger partial charge >= 0.3 is 0 Å². The molecule has 1 saturated heterocycles. The Morgan fingerprint density at radius 2 is 2.44 bits per heavy atom. The van der Waals surface area contributed by atoms with Crippen LogP contribution in [0, 0.1) is 0 Å². The number of hydrogen-bond acceptors (Lipinski definition) is 4. The summed E-state index contributed by atoms with van der Waals surface area (Å²) in [5, 5.41) is 3.14. The van der Waals surface area contributed by atoms with Crippen molar-refractivity contribution in [2.75, 3.05) is 30.0 Å². The standard InChI is InChI=1S/C12H19N3S/c1-10-9-16-7-6-15(10)12-5-3-4-11(14-12)8-13-2/h3-5,10,13H,6-9H2,1-2H3. The van der Waals surface area contributed by atoms with E-state index in [1.165, 1.54) is 11.5 Å². The Labute approximate surface area is 102 Å². The van der Waals surface area contributed by atoms with Gasteiger partial charge in [0, 0.05) is 30.6 Å². The molecule has 1 N–H and O–H groups in total. The van der Waals surface area contributed by atoms with Crippen molar-refractivity contribution in [3.8, 4) is 0 Å². The molecule has 16 heavy (non-hydrogen) atoms. The van der Waals surface area contributed by atoms with E-state index in [4.69, 9.17) is 4.98 Å². The molecular formula is C12H19N3S. The number of nitrogens with zero attached hydrogens (tertiary/aromatic N) is 2. The normalized spacial score (nSPS) is 21.1. The summed E-state index contributed by atoms with van der Waals surface area (Å²) in [6.45, 7) is 4.23. The Kier molecular flexibility index (Phi) is 4.07. The molecule has 0 bridgehead atoms. The molecule has 1 aromatic heterocycles. The maximum Gasteiger partial charge on any atom is 0.129 e. The minimum atomic E-state index is 0.594. The fourth-order valence-electron chi connectivity index (χ4n) is 1.97. The van der Waals surface area contributed by atoms with E-state index < -0.39 is 0 Å². The van der Waals surface area contributed by atoms with Gasteiger partial charge < -0.3 is 10.2 Å². The highest BCUT2D eigenvalue weighted by Crippen LogP contribution is 2.22. The molecule has 1 fully saturated rings. The quantitative estimate of drug-likeness (QED) is 0.867. The highest BCUT2D eigenvalue weighted by molar-refractivity contribution is 7.99. The van der Waals surface area contributed by atoms with Gasteiger partial charge in [0.25, 0.3) is 0 Å². The fraction of sp³-hybridized carbons (Fsp3) is 0.583. The van der Waals surface area contributed by atoms with Crippen LogP contribution in [-0.4, -0.2) is 36.1 Å². The van der Waals surface area contributed by atoms with Crippen LogP contribution in [0.1, 0.15) is 12.6 Å². The molecule has 0 aliphatic carbocycles. The summed E-state index contributed by atoms with van der Waals surface area (Å²) >= 11 is 2.03. The average molecular weight is 237 g/mol. The van der Waals surface area contributed by atoms with Crippen LogP contribution < -0.4 is 10.2 Å². The van der Waals surface area contributed by atoms with Gasteiger partial charge in [-0.15, -0.1) is 0 Å². The van der Waals surface area contributed by atoms with Crippen molar-refractivity contribution in [2.24, 2.45) is 0 Å². The van der Waals surface area contributed by atoms with Crippen LogP contribution in [0.4, 0.5) is 5.82 Å². The zero-order chi connectivity index (χ0) is 11.4. The van der Waals surface area contributed by atoms with Crippen LogP contribution in [0.3, 0.4) is 0 Å². The first-order chi connectivity index (χ1) is 7.81. The van der Waals surface area contributed by atoms with E-state index >= 15 is 0 Å². The van der Waals surface area contributed by atoms with E-state index in [1.54, 1.807) is 0 Å². The first-order valence-electron chi connectivity index (χ1n) is 5.76. The van der Waals surface area contributed by atoms with Crippen LogP contribution in [0.25, 0.3) is 0 Å². The third-order valence-electron chi connectivity index (χ3n) is 2.81. The number of anilines is 1. The Balaban J connectivity index is 2.15. The Morgan fingerprint density at radius 3 is 3.19 bits per heavy atom. The molecule has 2 rings (SSSR count). The maximum atomic E-state index is 4.69. The van der Waals surface area contributed by atoms with Crippen molar-refractivity contribution >= 4 is 17.6 Å². The lowest BCUT2D eigenvalue weighted by Gasteiger charge is -2.34. The number of nitrogens with one attached hydrogen (secondary N) is 1. The molecule has 0 saturated carbocycles. The summed E-state index contributed by atoms with van der Waals surface area (Å²) in [6, 6.07) is 6.88. The predicted octanol–water partition coefficient (Wildman–Crippen LogP) is 1.74. The lowest BCUT2D eigenvalue weighted by molar-refractivity contribution is 0.684. The van der Waals surface area contributed by atoms with Gasteiger partial charge in [0.1, 0.15) is 5.82 Å². The summed E-state index contributed by atoms with van der Waals surface area (Å²) in [5.74, 6) is 3.54. The largest absolute Gasteiger partial charge is 0.352 e. The van der Waals surface area contributed by atoms with Crippen molar-refractivity contribution in [1.29, 1.82) is 0 Å². The third kappa shape index (κ3) is 2.68. The van der Waals surface area contributed by atoms with E-state index in [0.29, 0.717) is 6.04 Å². The monoisotopic (exact) mass is 237 g/mol. The topological polar surface area (TPSA) is 28.2 Å². The zero-order valence-electron chi connectivity index (χ0n) is 9.94. The van der Waals surface area contributed by atoms with Gasteiger partial charge in [-0.3, -0.25) is 0 Å². The first-order valence-corrected chi connectivity index (χ1v) is 6.91. The maximum absolute atomic E-state index is 4.69. The number of rotatable bonds is 3. The summed E-state index contributed by atoms with van der Waals surface area (Å²) < 4.78 is 0. The van der Waals surface area contributed by atoms with Crippen LogP contribution in [0.15, 0.2) is 18.2 Å². The molecule has 4 heteroatoms. The van der Waals surface area contributed by atoms with E-state index in [0.717, 1.165) is 24.6 Å². The number of aromatic nitrogens is 1. The molecular weight excluding hydrogens is 218 g/mol. The Morgan fingerprint density at radius 1 is 1.56 bits per heavy atom. The second kappa shape index (κ2) is 5.55. The summed E-state index contributed by atoms with van der Waals surface area (Å²) in [4.78, 5) is 7.10. The van der Waals surface area contributed by atoms with Crippen LogP contribution >= 0.6 is 11.8 Å². The smallest absolute Gasteiger partial charge is 0.129 e. The third-order valence-corrected chi connectivity index (χ3v) is 4.00. The number of thioether (sulfide) groups is 1. The zero-order valence-corrected chi connectivity index (χ0v) is 10.8. The molecule has 0 aromatic carbocycles. The van der Waals surface area contributed by atoms with Gasteiger partial charge in [0.15, 0.2) is 0 Å². The highest BCUT2D eigenvalue weighted by atomic mass is 32.2. The molecule has 0 spiro atoms. The Bertz CT molecular complexity index is 343. The molecule has 0 amide bonds. The lowest BCUT2D eigenvalue weighted by atomic mass is 10.2. The second-order valence-electron chi connectivity index (χ2n) is 4.13. The highest BCUT2D eigenvalue weighted by Gasteiger charge is 2.19. The van der Waals surface area contributed by atoms with E-state index in [2.05, 4.69) is 35.3 Å². The van der Waals surface area contributed by atoms with Crippen molar-refractivity contribution in [1.82, 2.24) is 10.3 Å². The van der Waals surface area contributed by atoms with E-state index in [-0.39, 0.29) is 0 Å². The van der Waals surface area contributed by atoms with Crippen molar-refractivity contribution in [2.45, 2.75) is 19.5 Å². The molecule has 1 aromatic rings. The fourth-order valence-corrected chi connectivity index (χ4v) is 2.99. The molecule has 1 unspecified atom stereocenters. The van der Waals surface area contributed by atoms with Crippen LogP contribution in [0.5, 0.6) is 0 Å². The van der Waals surface area contributed by atoms with Gasteiger partial charge in [-0.1, -0.05) is 6.07 Å². The predicted molar refractivity (Wildman–Crippen MR) is 71.1 cm³/mol. The van der Waals surface area contributed by atoms with Gasteiger partial charge in [-0.25, -0.2) is 4.98 Å². The van der Waals surface area contributed by atoms with Crippen LogP contribution in [0.2, 0.25) is 0 Å². The summed E-state index contributed by atoms with van der Waals surface area (Å²) in [7, 11) is 1.95. The SMILES string of the molecule is CNCc1cccc(N2CCSCC2C)n1. The first kappa shape index (κ1) is 11.7. The van der Waals surface area contributed by atoms with Crippen LogP contribution in [-0.2, 0) is 6.54 Å². The molecule has 3 nitrogen and oxygen atoms in total. The molecule has 2 heterocycles. The number of pyridine rings is 1. The number of hydrogen-bond donors (Lipinski definition) is 1. The van der Waals surface area contributed by atoms with E-state index in [9.17, 15) is 0 Å². The summed E-state index contributed by atoms with van der Waals surface area (Å²) in [6.07, 6.45) is 0. The molecule has 1 aliphatic rings. The lowest BCUT2D eigenvalue weighted by Crippen LogP contribution is -2.41. The van der Waals surface area contributed by atoms with Gasteiger partial charge in [-0.05, 0) is 26.1 Å². The van der Waals surface area contributed by atoms with Gasteiger partial charge in [0.05, 0.1) is 5.69 Å². The minimum Gasteiger partial charge on any atom is -0.352 e. The molecule has 0 radical (unpaired) electrons. The molecule has 88 valence electrons. The molecule has 1 aliphatic heterocycles. The molecule has 1 atom stereocenters. The van der Waals surface area contributed by atoms with Crippen molar-refractivity contribution in [3.05, 3.63) is 23.9 Å². The van der Waals surface area contributed by atoms with Crippen molar-refractivity contribution in [3.63, 3.8) is 0 Å². The summed E-state index contributed by atoms with van der Waals surface area (Å²) in [5.41, 5.74) is 1.12. The Hall–Kier alpha value is -0.740. The van der Waals surface area contributed by atoms with E-state index in [1.807, 2.05) is 18.8 Å². The second-order valence-corrected chi connectivity index (χ2v) is 5.28. The average Bonchev–Trinajstić information content (AvgIpc) is 2.30. The van der Waals surface area contributed by atoms with Crippen molar-refractivity contribution < 1.29 is 0 Å². The minimum absolute atomic E-state index is 0.594. The van der Waals surface area contributed by atoms with Gasteiger partial charge in [0.2, 0.25) is 0 Å². The van der Waals surface area contributed by atoms with Gasteiger partial charge in [-0.2, -0.15) is 11.8 Å².